The number of thioether (sulfide) groups is 1. The van der Waals surface area contributed by atoms with E-state index in [0.29, 0.717) is 33.3 Å². The van der Waals surface area contributed by atoms with Gasteiger partial charge in [-0.1, -0.05) is 23.4 Å². The summed E-state index contributed by atoms with van der Waals surface area (Å²) in [6, 6.07) is 6.72. The lowest BCUT2D eigenvalue weighted by Gasteiger charge is -2.10. The van der Waals surface area contributed by atoms with Crippen molar-refractivity contribution in [1.82, 2.24) is 10.2 Å². The lowest BCUT2D eigenvalue weighted by Crippen LogP contribution is -2.22. The maximum atomic E-state index is 12.2. The minimum Gasteiger partial charge on any atom is -0.416 e. The van der Waals surface area contributed by atoms with Crippen molar-refractivity contribution in [3.05, 3.63) is 34.7 Å². The molecule has 0 radical (unpaired) electrons. The van der Waals surface area contributed by atoms with Crippen LogP contribution >= 0.6 is 23.4 Å². The average molecular weight is 349 g/mol. The molecule has 6 nitrogen and oxygen atoms in total. The SMILES string of the molecule is C[C@H](Sc1nnc(C2CC2)o1)C(=O)Nc1ccc(C#N)c(Cl)c1. The zero-order valence-electron chi connectivity index (χ0n) is 12.2. The molecule has 118 valence electrons. The van der Waals surface area contributed by atoms with Gasteiger partial charge >= 0.3 is 0 Å². The van der Waals surface area contributed by atoms with Crippen LogP contribution in [0.1, 0.15) is 37.1 Å². The van der Waals surface area contributed by atoms with Crippen LogP contribution in [0.3, 0.4) is 0 Å². The van der Waals surface area contributed by atoms with Gasteiger partial charge in [0.2, 0.25) is 11.8 Å². The molecule has 0 aliphatic heterocycles. The molecule has 1 fully saturated rings. The Kier molecular flexibility index (Phi) is 4.55. The number of aromatic nitrogens is 2. The first-order valence-electron chi connectivity index (χ1n) is 7.07. The molecule has 0 unspecified atom stereocenters. The molecule has 1 aliphatic rings. The number of hydrogen-bond donors (Lipinski definition) is 1. The fourth-order valence-corrected chi connectivity index (χ4v) is 2.81. The summed E-state index contributed by atoms with van der Waals surface area (Å²) < 4.78 is 5.53. The summed E-state index contributed by atoms with van der Waals surface area (Å²) in [6.07, 6.45) is 2.17. The fourth-order valence-electron chi connectivity index (χ4n) is 1.90. The molecular weight excluding hydrogens is 336 g/mol. The van der Waals surface area contributed by atoms with Crippen LogP contribution in [0, 0.1) is 11.3 Å². The maximum Gasteiger partial charge on any atom is 0.277 e. The van der Waals surface area contributed by atoms with E-state index >= 15 is 0 Å². The first kappa shape index (κ1) is 15.8. The molecule has 2 aromatic rings. The van der Waals surface area contributed by atoms with Crippen molar-refractivity contribution >= 4 is 35.0 Å². The minimum absolute atomic E-state index is 0.207. The highest BCUT2D eigenvalue weighted by molar-refractivity contribution is 8.00. The predicted octanol–water partition coefficient (Wildman–Crippen LogP) is 3.59. The second-order valence-electron chi connectivity index (χ2n) is 5.24. The van der Waals surface area contributed by atoms with Gasteiger partial charge in [-0.25, -0.2) is 0 Å². The number of nitrogens with one attached hydrogen (secondary N) is 1. The van der Waals surface area contributed by atoms with Gasteiger partial charge in [0.1, 0.15) is 6.07 Å². The van der Waals surface area contributed by atoms with Crippen molar-refractivity contribution in [3.63, 3.8) is 0 Å². The number of benzene rings is 1. The van der Waals surface area contributed by atoms with Gasteiger partial charge in [0.25, 0.3) is 5.22 Å². The average Bonchev–Trinajstić information content (AvgIpc) is 3.27. The van der Waals surface area contributed by atoms with Gasteiger partial charge in [0, 0.05) is 11.6 Å². The Labute approximate surface area is 142 Å². The summed E-state index contributed by atoms with van der Waals surface area (Å²) in [5.41, 5.74) is 0.904. The minimum atomic E-state index is -0.406. The zero-order chi connectivity index (χ0) is 16.4. The van der Waals surface area contributed by atoms with Crippen molar-refractivity contribution in [2.45, 2.75) is 36.2 Å². The number of halogens is 1. The number of nitrogens with zero attached hydrogens (tertiary/aromatic N) is 3. The van der Waals surface area contributed by atoms with Crippen LogP contribution in [0.2, 0.25) is 5.02 Å². The van der Waals surface area contributed by atoms with Crippen LogP contribution in [0.4, 0.5) is 5.69 Å². The first-order valence-corrected chi connectivity index (χ1v) is 8.33. The Morgan fingerprint density at radius 2 is 2.30 bits per heavy atom. The van der Waals surface area contributed by atoms with Crippen LogP contribution < -0.4 is 5.32 Å². The summed E-state index contributed by atoms with van der Waals surface area (Å²) >= 11 is 7.16. The van der Waals surface area contributed by atoms with E-state index in [9.17, 15) is 4.79 Å². The number of amides is 1. The highest BCUT2D eigenvalue weighted by Crippen LogP contribution is 2.40. The van der Waals surface area contributed by atoms with Crippen molar-refractivity contribution in [2.75, 3.05) is 5.32 Å². The standard InChI is InChI=1S/C15H13ClN4O2S/c1-8(23-15-20-19-14(22-15)9-2-3-9)13(21)18-11-5-4-10(7-17)12(16)6-11/h4-6,8-9H,2-3H2,1H3,(H,18,21)/t8-/m0/s1. The molecule has 8 heteroatoms. The molecule has 0 bridgehead atoms. The third-order valence-corrected chi connectivity index (χ3v) is 4.60. The second kappa shape index (κ2) is 6.60. The highest BCUT2D eigenvalue weighted by atomic mass is 35.5. The number of nitriles is 1. The monoisotopic (exact) mass is 348 g/mol. The summed E-state index contributed by atoms with van der Waals surface area (Å²) in [7, 11) is 0. The molecule has 0 spiro atoms. The number of hydrogen-bond acceptors (Lipinski definition) is 6. The third kappa shape index (κ3) is 3.84. The second-order valence-corrected chi connectivity index (χ2v) is 6.94. The van der Waals surface area contributed by atoms with Crippen molar-refractivity contribution in [1.29, 1.82) is 5.26 Å². The molecule has 1 amide bonds. The summed E-state index contributed by atoms with van der Waals surface area (Å²) in [6.45, 7) is 1.76. The number of carbonyl (C=O) groups excluding carboxylic acids is 1. The molecule has 1 N–H and O–H groups in total. The van der Waals surface area contributed by atoms with Crippen molar-refractivity contribution in [2.24, 2.45) is 0 Å². The van der Waals surface area contributed by atoms with Gasteiger partial charge < -0.3 is 9.73 Å². The molecule has 0 saturated heterocycles. The number of carbonyl (C=O) groups is 1. The van der Waals surface area contributed by atoms with E-state index in [0.717, 1.165) is 12.8 Å². The molecular formula is C15H13ClN4O2S. The van der Waals surface area contributed by atoms with Crippen LogP contribution in [-0.4, -0.2) is 21.4 Å². The Morgan fingerprint density at radius 3 is 2.96 bits per heavy atom. The van der Waals surface area contributed by atoms with Gasteiger partial charge in [0.15, 0.2) is 0 Å². The molecule has 3 rings (SSSR count). The third-order valence-electron chi connectivity index (χ3n) is 3.35. The van der Waals surface area contributed by atoms with Gasteiger partial charge in [-0.3, -0.25) is 4.79 Å². The Morgan fingerprint density at radius 1 is 1.52 bits per heavy atom. The Hall–Kier alpha value is -2.04. The Balaban J connectivity index is 1.60. The number of anilines is 1. The lowest BCUT2D eigenvalue weighted by atomic mass is 10.2. The van der Waals surface area contributed by atoms with Gasteiger partial charge in [-0.15, -0.1) is 10.2 Å². The van der Waals surface area contributed by atoms with E-state index < -0.39 is 5.25 Å². The van der Waals surface area contributed by atoms with Crippen LogP contribution in [0.5, 0.6) is 0 Å². The van der Waals surface area contributed by atoms with E-state index in [4.69, 9.17) is 21.3 Å². The fraction of sp³-hybridized carbons (Fsp3) is 0.333. The molecule has 1 aromatic carbocycles. The molecule has 1 aromatic heterocycles. The van der Waals surface area contributed by atoms with E-state index in [2.05, 4.69) is 15.5 Å². The molecule has 23 heavy (non-hydrogen) atoms. The van der Waals surface area contributed by atoms with Crippen LogP contribution in [0.25, 0.3) is 0 Å². The summed E-state index contributed by atoms with van der Waals surface area (Å²) in [4.78, 5) is 12.2. The predicted molar refractivity (Wildman–Crippen MR) is 86.4 cm³/mol. The van der Waals surface area contributed by atoms with Gasteiger partial charge in [0.05, 0.1) is 15.8 Å². The van der Waals surface area contributed by atoms with E-state index in [1.165, 1.54) is 11.8 Å². The van der Waals surface area contributed by atoms with E-state index in [-0.39, 0.29) is 5.91 Å². The van der Waals surface area contributed by atoms with Crippen LogP contribution in [0.15, 0.2) is 27.8 Å². The van der Waals surface area contributed by atoms with Gasteiger partial charge in [-0.05, 0) is 38.0 Å². The van der Waals surface area contributed by atoms with Crippen molar-refractivity contribution in [3.8, 4) is 6.07 Å². The van der Waals surface area contributed by atoms with E-state index in [1.54, 1.807) is 25.1 Å². The molecule has 1 saturated carbocycles. The smallest absolute Gasteiger partial charge is 0.277 e. The van der Waals surface area contributed by atoms with Crippen LogP contribution in [-0.2, 0) is 4.79 Å². The lowest BCUT2D eigenvalue weighted by molar-refractivity contribution is -0.115. The normalized spacial score (nSPS) is 15.0. The zero-order valence-corrected chi connectivity index (χ0v) is 13.8. The number of rotatable bonds is 5. The van der Waals surface area contributed by atoms with Crippen molar-refractivity contribution < 1.29 is 9.21 Å². The summed E-state index contributed by atoms with van der Waals surface area (Å²) in [5.74, 6) is 0.836. The maximum absolute atomic E-state index is 12.2. The summed E-state index contributed by atoms with van der Waals surface area (Å²) in [5, 5.41) is 19.8. The topological polar surface area (TPSA) is 91.8 Å². The molecule has 1 atom stereocenters. The first-order chi connectivity index (χ1) is 11.1. The Bertz CT molecular complexity index is 782. The molecule has 1 heterocycles. The quantitative estimate of drug-likeness (QED) is 0.830. The largest absolute Gasteiger partial charge is 0.416 e. The molecule has 1 aliphatic carbocycles. The highest BCUT2D eigenvalue weighted by Gasteiger charge is 2.30. The van der Waals surface area contributed by atoms with E-state index in [1.807, 2.05) is 6.07 Å². The van der Waals surface area contributed by atoms with Gasteiger partial charge in [-0.2, -0.15) is 5.26 Å².